The molecule has 0 fully saturated rings. The number of carbonyl (C=O) groups excluding carboxylic acids is 1. The molecule has 0 heterocycles. The quantitative estimate of drug-likeness (QED) is 0.744. The molecular formula is C17H18Cl2N2O4S. The average molecular weight is 417 g/mol. The van der Waals surface area contributed by atoms with Gasteiger partial charge in [-0.1, -0.05) is 29.3 Å². The Kier molecular flexibility index (Phi) is 6.75. The summed E-state index contributed by atoms with van der Waals surface area (Å²) in [5.74, 6) is 0.0725. The van der Waals surface area contributed by atoms with Crippen LogP contribution in [0.4, 0.5) is 11.4 Å². The Hall–Kier alpha value is -1.96. The summed E-state index contributed by atoms with van der Waals surface area (Å²) in [7, 11) is -3.76. The molecule has 140 valence electrons. The Morgan fingerprint density at radius 2 is 1.92 bits per heavy atom. The zero-order valence-electron chi connectivity index (χ0n) is 14.2. The number of hydrogen-bond donors (Lipinski definition) is 1. The Labute approximate surface area is 162 Å². The van der Waals surface area contributed by atoms with Crippen LogP contribution >= 0.6 is 23.2 Å². The average Bonchev–Trinajstić information content (AvgIpc) is 2.55. The molecule has 2 aromatic rings. The fourth-order valence-corrected chi connectivity index (χ4v) is 3.52. The first-order valence-electron chi connectivity index (χ1n) is 7.66. The van der Waals surface area contributed by atoms with Gasteiger partial charge in [0.1, 0.15) is 12.3 Å². The number of halogens is 2. The molecule has 0 aliphatic carbocycles. The van der Waals surface area contributed by atoms with E-state index in [9.17, 15) is 13.2 Å². The summed E-state index contributed by atoms with van der Waals surface area (Å²) in [6, 6.07) is 11.2. The summed E-state index contributed by atoms with van der Waals surface area (Å²) in [6.45, 7) is 1.90. The van der Waals surface area contributed by atoms with E-state index >= 15 is 0 Å². The molecule has 2 rings (SSSR count). The van der Waals surface area contributed by atoms with E-state index in [0.717, 1.165) is 10.6 Å². The van der Waals surface area contributed by atoms with Crippen molar-refractivity contribution >= 4 is 50.5 Å². The standard InChI is InChI=1S/C17H18Cl2N2O4S/c1-3-25-14-6-4-5-13(10-14)20-17(22)11-21(26(2,23)24)16-9-12(18)7-8-15(16)19/h4-10H,3,11H2,1-2H3,(H,20,22). The number of rotatable bonds is 7. The number of anilines is 2. The maximum absolute atomic E-state index is 12.4. The van der Waals surface area contributed by atoms with E-state index in [2.05, 4.69) is 5.32 Å². The fraction of sp³-hybridized carbons (Fsp3) is 0.235. The highest BCUT2D eigenvalue weighted by Crippen LogP contribution is 2.30. The predicted octanol–water partition coefficient (Wildman–Crippen LogP) is 3.80. The topological polar surface area (TPSA) is 75.7 Å². The van der Waals surface area contributed by atoms with Crippen LogP contribution < -0.4 is 14.4 Å². The van der Waals surface area contributed by atoms with Crippen LogP contribution in [0, 0.1) is 0 Å². The molecule has 9 heteroatoms. The molecule has 6 nitrogen and oxygen atoms in total. The maximum atomic E-state index is 12.4. The van der Waals surface area contributed by atoms with Crippen molar-refractivity contribution in [1.29, 1.82) is 0 Å². The van der Waals surface area contributed by atoms with Crippen molar-refractivity contribution in [1.82, 2.24) is 0 Å². The first-order valence-corrected chi connectivity index (χ1v) is 10.3. The minimum Gasteiger partial charge on any atom is -0.494 e. The van der Waals surface area contributed by atoms with Gasteiger partial charge in [0.25, 0.3) is 0 Å². The van der Waals surface area contributed by atoms with E-state index in [1.165, 1.54) is 18.2 Å². The van der Waals surface area contributed by atoms with E-state index in [0.29, 0.717) is 23.1 Å². The van der Waals surface area contributed by atoms with E-state index in [-0.39, 0.29) is 10.7 Å². The maximum Gasteiger partial charge on any atom is 0.245 e. The van der Waals surface area contributed by atoms with E-state index in [1.807, 2.05) is 6.92 Å². The van der Waals surface area contributed by atoms with Crippen LogP contribution in [0.5, 0.6) is 5.75 Å². The summed E-state index contributed by atoms with van der Waals surface area (Å²) in [5.41, 5.74) is 0.631. The van der Waals surface area contributed by atoms with Crippen LogP contribution in [0.3, 0.4) is 0 Å². The molecule has 0 unspecified atom stereocenters. The lowest BCUT2D eigenvalue weighted by Gasteiger charge is -2.23. The highest BCUT2D eigenvalue weighted by atomic mass is 35.5. The minimum absolute atomic E-state index is 0.139. The number of ether oxygens (including phenoxy) is 1. The van der Waals surface area contributed by atoms with Crippen molar-refractivity contribution < 1.29 is 17.9 Å². The SMILES string of the molecule is CCOc1cccc(NC(=O)CN(c2cc(Cl)ccc2Cl)S(C)(=O)=O)c1. The third-order valence-corrected chi connectivity index (χ3v) is 4.97. The van der Waals surface area contributed by atoms with Crippen LogP contribution in [0.15, 0.2) is 42.5 Å². The number of sulfonamides is 1. The molecule has 0 aromatic heterocycles. The number of nitrogens with zero attached hydrogens (tertiary/aromatic N) is 1. The van der Waals surface area contributed by atoms with Crippen LogP contribution in [0.25, 0.3) is 0 Å². The van der Waals surface area contributed by atoms with Crippen molar-refractivity contribution in [3.8, 4) is 5.75 Å². The zero-order chi connectivity index (χ0) is 19.3. The molecule has 0 aliphatic heterocycles. The Bertz CT molecular complexity index is 903. The van der Waals surface area contributed by atoms with E-state index in [1.54, 1.807) is 24.3 Å². The highest BCUT2D eigenvalue weighted by molar-refractivity contribution is 7.92. The van der Waals surface area contributed by atoms with Crippen LogP contribution in [-0.4, -0.2) is 33.7 Å². The summed E-state index contributed by atoms with van der Waals surface area (Å²) in [6.07, 6.45) is 0.993. The molecule has 2 aromatic carbocycles. The first kappa shape index (κ1) is 20.4. The summed E-state index contributed by atoms with van der Waals surface area (Å²) in [5, 5.41) is 3.13. The molecule has 0 spiro atoms. The second kappa shape index (κ2) is 8.62. The van der Waals surface area contributed by atoms with E-state index in [4.69, 9.17) is 27.9 Å². The van der Waals surface area contributed by atoms with Gasteiger partial charge < -0.3 is 10.1 Å². The van der Waals surface area contributed by atoms with Gasteiger partial charge in [-0.2, -0.15) is 0 Å². The second-order valence-corrected chi connectivity index (χ2v) is 8.12. The van der Waals surface area contributed by atoms with Crippen molar-refractivity contribution in [3.05, 3.63) is 52.5 Å². The molecule has 0 bridgehead atoms. The number of hydrogen-bond acceptors (Lipinski definition) is 4. The van der Waals surface area contributed by atoms with Crippen molar-refractivity contribution in [2.75, 3.05) is 29.0 Å². The molecule has 0 radical (unpaired) electrons. The van der Waals surface area contributed by atoms with Gasteiger partial charge in [-0.05, 0) is 37.3 Å². The molecule has 0 aliphatic rings. The monoisotopic (exact) mass is 416 g/mol. The lowest BCUT2D eigenvalue weighted by atomic mass is 10.3. The fourth-order valence-electron chi connectivity index (χ4n) is 2.22. The van der Waals surface area contributed by atoms with Gasteiger partial charge >= 0.3 is 0 Å². The predicted molar refractivity (Wildman–Crippen MR) is 105 cm³/mol. The Balaban J connectivity index is 2.22. The first-order chi connectivity index (χ1) is 12.2. The number of carbonyl (C=O) groups is 1. The molecule has 1 N–H and O–H groups in total. The largest absolute Gasteiger partial charge is 0.494 e. The molecule has 1 amide bonds. The van der Waals surface area contributed by atoms with Gasteiger partial charge in [-0.15, -0.1) is 0 Å². The van der Waals surface area contributed by atoms with Crippen molar-refractivity contribution in [2.24, 2.45) is 0 Å². The lowest BCUT2D eigenvalue weighted by molar-refractivity contribution is -0.114. The summed E-state index contributed by atoms with van der Waals surface area (Å²) >= 11 is 12.0. The van der Waals surface area contributed by atoms with Gasteiger partial charge in [0.05, 0.1) is 23.6 Å². The number of amides is 1. The number of nitrogens with one attached hydrogen (secondary N) is 1. The molecule has 0 saturated carbocycles. The minimum atomic E-state index is -3.76. The smallest absolute Gasteiger partial charge is 0.245 e. The van der Waals surface area contributed by atoms with Gasteiger partial charge in [-0.3, -0.25) is 9.10 Å². The molecule has 0 atom stereocenters. The van der Waals surface area contributed by atoms with Crippen molar-refractivity contribution in [2.45, 2.75) is 6.92 Å². The molecular weight excluding hydrogens is 399 g/mol. The summed E-state index contributed by atoms with van der Waals surface area (Å²) in [4.78, 5) is 12.4. The Morgan fingerprint density at radius 3 is 2.58 bits per heavy atom. The third kappa shape index (κ3) is 5.52. The van der Waals surface area contributed by atoms with Gasteiger partial charge in [-0.25, -0.2) is 8.42 Å². The van der Waals surface area contributed by atoms with Gasteiger partial charge in [0.15, 0.2) is 0 Å². The van der Waals surface area contributed by atoms with Gasteiger partial charge in [0, 0.05) is 16.8 Å². The normalized spacial score (nSPS) is 11.1. The zero-order valence-corrected chi connectivity index (χ0v) is 16.5. The van der Waals surface area contributed by atoms with Crippen molar-refractivity contribution in [3.63, 3.8) is 0 Å². The molecule has 26 heavy (non-hydrogen) atoms. The van der Waals surface area contributed by atoms with Crippen LogP contribution in [0.2, 0.25) is 10.0 Å². The lowest BCUT2D eigenvalue weighted by Crippen LogP contribution is -2.37. The van der Waals surface area contributed by atoms with Crippen LogP contribution in [0.1, 0.15) is 6.92 Å². The summed E-state index contributed by atoms with van der Waals surface area (Å²) < 4.78 is 30.6. The van der Waals surface area contributed by atoms with Gasteiger partial charge in [0.2, 0.25) is 15.9 Å². The Morgan fingerprint density at radius 1 is 1.19 bits per heavy atom. The second-order valence-electron chi connectivity index (χ2n) is 5.37. The van der Waals surface area contributed by atoms with Crippen LogP contribution in [-0.2, 0) is 14.8 Å². The van der Waals surface area contributed by atoms with E-state index < -0.39 is 22.5 Å². The highest BCUT2D eigenvalue weighted by Gasteiger charge is 2.23. The third-order valence-electron chi connectivity index (χ3n) is 3.29. The molecule has 0 saturated heterocycles. The number of benzene rings is 2.